The average molecular weight is 266 g/mol. The van der Waals surface area contributed by atoms with Gasteiger partial charge in [0.05, 0.1) is 13.7 Å². The van der Waals surface area contributed by atoms with Gasteiger partial charge < -0.3 is 14.6 Å². The highest BCUT2D eigenvalue weighted by molar-refractivity contribution is 6.31. The number of pyridine rings is 1. The lowest BCUT2D eigenvalue weighted by Crippen LogP contribution is -1.92. The zero-order valence-corrected chi connectivity index (χ0v) is 10.5. The molecule has 0 aliphatic heterocycles. The van der Waals surface area contributed by atoms with Crippen LogP contribution in [0.1, 0.15) is 5.56 Å². The molecule has 1 aromatic heterocycles. The van der Waals surface area contributed by atoms with Crippen molar-refractivity contribution in [2.24, 2.45) is 0 Å². The fourth-order valence-corrected chi connectivity index (χ4v) is 1.63. The summed E-state index contributed by atoms with van der Waals surface area (Å²) in [5, 5.41) is 9.31. The number of rotatable bonds is 4. The number of nitrogens with zero attached hydrogens (tertiary/aromatic N) is 1. The van der Waals surface area contributed by atoms with E-state index in [0.717, 1.165) is 0 Å². The van der Waals surface area contributed by atoms with Gasteiger partial charge in [0.2, 0.25) is 5.88 Å². The Morgan fingerprint density at radius 3 is 2.72 bits per heavy atom. The standard InChI is InChI=1S/C13H12ClNO3/c1-17-10-3-2-4-11(6-10)18-13-12(14)5-9(8-16)7-15-13/h2-7,16H,8H2,1H3. The first kappa shape index (κ1) is 12.7. The quantitative estimate of drug-likeness (QED) is 0.923. The van der Waals surface area contributed by atoms with Crippen LogP contribution < -0.4 is 9.47 Å². The van der Waals surface area contributed by atoms with Crippen molar-refractivity contribution in [1.29, 1.82) is 0 Å². The van der Waals surface area contributed by atoms with Crippen molar-refractivity contribution in [1.82, 2.24) is 4.98 Å². The SMILES string of the molecule is COc1cccc(Oc2ncc(CO)cc2Cl)c1. The molecular weight excluding hydrogens is 254 g/mol. The van der Waals surface area contributed by atoms with Gasteiger partial charge in [0.25, 0.3) is 0 Å². The fraction of sp³-hybridized carbons (Fsp3) is 0.154. The first-order valence-corrected chi connectivity index (χ1v) is 5.68. The van der Waals surface area contributed by atoms with Crippen molar-refractivity contribution >= 4 is 11.6 Å². The molecular formula is C13H12ClNO3. The van der Waals surface area contributed by atoms with Crippen LogP contribution in [0.15, 0.2) is 36.5 Å². The molecule has 1 aromatic carbocycles. The lowest BCUT2D eigenvalue weighted by Gasteiger charge is -2.08. The van der Waals surface area contributed by atoms with Crippen LogP contribution in [-0.2, 0) is 6.61 Å². The molecule has 0 aliphatic rings. The van der Waals surface area contributed by atoms with Crippen LogP contribution in [0.25, 0.3) is 0 Å². The molecule has 94 valence electrons. The molecule has 0 saturated carbocycles. The van der Waals surface area contributed by atoms with Crippen molar-refractivity contribution in [3.05, 3.63) is 47.1 Å². The summed E-state index contributed by atoms with van der Waals surface area (Å²) < 4.78 is 10.6. The van der Waals surface area contributed by atoms with Crippen LogP contribution in [0.3, 0.4) is 0 Å². The predicted octanol–water partition coefficient (Wildman–Crippen LogP) is 3.03. The summed E-state index contributed by atoms with van der Waals surface area (Å²) >= 11 is 6.00. The van der Waals surface area contributed by atoms with E-state index in [2.05, 4.69) is 4.98 Å². The van der Waals surface area contributed by atoms with Crippen molar-refractivity contribution in [2.75, 3.05) is 7.11 Å². The molecule has 0 bridgehead atoms. The maximum Gasteiger partial charge on any atom is 0.238 e. The molecule has 1 N–H and O–H groups in total. The average Bonchev–Trinajstić information content (AvgIpc) is 2.41. The molecule has 0 atom stereocenters. The summed E-state index contributed by atoms with van der Waals surface area (Å²) in [5.41, 5.74) is 0.637. The molecule has 0 fully saturated rings. The molecule has 0 saturated heterocycles. The van der Waals surface area contributed by atoms with Crippen molar-refractivity contribution < 1.29 is 14.6 Å². The number of hydrogen-bond acceptors (Lipinski definition) is 4. The minimum Gasteiger partial charge on any atom is -0.497 e. The van der Waals surface area contributed by atoms with Crippen molar-refractivity contribution in [3.63, 3.8) is 0 Å². The van der Waals surface area contributed by atoms with Crippen molar-refractivity contribution in [2.45, 2.75) is 6.61 Å². The van der Waals surface area contributed by atoms with E-state index in [0.29, 0.717) is 28.0 Å². The van der Waals surface area contributed by atoms with Crippen LogP contribution in [0.5, 0.6) is 17.4 Å². The third-order valence-corrected chi connectivity index (χ3v) is 2.57. The van der Waals surface area contributed by atoms with Gasteiger partial charge in [-0.2, -0.15) is 0 Å². The highest BCUT2D eigenvalue weighted by Crippen LogP contribution is 2.29. The van der Waals surface area contributed by atoms with E-state index < -0.39 is 0 Å². The van der Waals surface area contributed by atoms with Crippen molar-refractivity contribution in [3.8, 4) is 17.4 Å². The Morgan fingerprint density at radius 1 is 1.28 bits per heavy atom. The number of benzene rings is 1. The Hall–Kier alpha value is -1.78. The Morgan fingerprint density at radius 2 is 2.06 bits per heavy atom. The van der Waals surface area contributed by atoms with E-state index in [1.54, 1.807) is 25.3 Å². The second kappa shape index (κ2) is 5.71. The minimum atomic E-state index is -0.105. The van der Waals surface area contributed by atoms with E-state index >= 15 is 0 Å². The number of ether oxygens (including phenoxy) is 2. The van der Waals surface area contributed by atoms with Crippen LogP contribution in [0, 0.1) is 0 Å². The summed E-state index contributed by atoms with van der Waals surface area (Å²) in [7, 11) is 1.58. The minimum absolute atomic E-state index is 0.105. The Kier molecular flexibility index (Phi) is 4.02. The van der Waals surface area contributed by atoms with Crippen LogP contribution in [0.4, 0.5) is 0 Å². The van der Waals surface area contributed by atoms with Gasteiger partial charge >= 0.3 is 0 Å². The first-order valence-electron chi connectivity index (χ1n) is 5.30. The second-order valence-corrected chi connectivity index (χ2v) is 3.98. The van der Waals surface area contributed by atoms with E-state index in [-0.39, 0.29) is 6.61 Å². The monoisotopic (exact) mass is 265 g/mol. The Bertz CT molecular complexity index is 546. The molecule has 2 rings (SSSR count). The molecule has 2 aromatic rings. The van der Waals surface area contributed by atoms with Gasteiger partial charge in [-0.1, -0.05) is 17.7 Å². The summed E-state index contributed by atoms with van der Waals surface area (Å²) in [6.45, 7) is -0.105. The van der Waals surface area contributed by atoms with Gasteiger partial charge in [0.15, 0.2) is 0 Å². The van der Waals surface area contributed by atoms with Gasteiger partial charge in [-0.25, -0.2) is 4.98 Å². The zero-order valence-electron chi connectivity index (χ0n) is 9.76. The van der Waals surface area contributed by atoms with Gasteiger partial charge in [0.1, 0.15) is 16.5 Å². The van der Waals surface area contributed by atoms with Crippen LogP contribution in [-0.4, -0.2) is 17.2 Å². The molecule has 1 heterocycles. The lowest BCUT2D eigenvalue weighted by atomic mass is 10.3. The van der Waals surface area contributed by atoms with E-state index in [1.807, 2.05) is 12.1 Å². The predicted molar refractivity (Wildman–Crippen MR) is 68.2 cm³/mol. The lowest BCUT2D eigenvalue weighted by molar-refractivity contribution is 0.281. The van der Waals surface area contributed by atoms with Gasteiger partial charge in [-0.05, 0) is 23.8 Å². The smallest absolute Gasteiger partial charge is 0.238 e. The molecule has 4 nitrogen and oxygen atoms in total. The molecule has 0 radical (unpaired) electrons. The summed E-state index contributed by atoms with van der Waals surface area (Å²) in [5.74, 6) is 1.57. The zero-order chi connectivity index (χ0) is 13.0. The second-order valence-electron chi connectivity index (χ2n) is 3.57. The van der Waals surface area contributed by atoms with E-state index in [4.69, 9.17) is 26.2 Å². The highest BCUT2D eigenvalue weighted by atomic mass is 35.5. The number of aromatic nitrogens is 1. The third kappa shape index (κ3) is 2.91. The first-order chi connectivity index (χ1) is 8.72. The number of aliphatic hydroxyl groups excluding tert-OH is 1. The maximum absolute atomic E-state index is 8.95. The van der Waals surface area contributed by atoms with Gasteiger partial charge in [-0.15, -0.1) is 0 Å². The van der Waals surface area contributed by atoms with Crippen LogP contribution >= 0.6 is 11.6 Å². The molecule has 0 spiro atoms. The summed E-state index contributed by atoms with van der Waals surface area (Å²) in [4.78, 5) is 4.04. The molecule has 0 unspecified atom stereocenters. The summed E-state index contributed by atoms with van der Waals surface area (Å²) in [6.07, 6.45) is 1.52. The van der Waals surface area contributed by atoms with Gasteiger partial charge in [0, 0.05) is 12.3 Å². The molecule has 18 heavy (non-hydrogen) atoms. The number of aliphatic hydroxyl groups is 1. The number of methoxy groups -OCH3 is 1. The molecule has 5 heteroatoms. The van der Waals surface area contributed by atoms with Gasteiger partial charge in [-0.3, -0.25) is 0 Å². The van der Waals surface area contributed by atoms with E-state index in [1.165, 1.54) is 6.20 Å². The fourth-order valence-electron chi connectivity index (χ4n) is 1.40. The highest BCUT2D eigenvalue weighted by Gasteiger charge is 2.06. The Labute approximate surface area is 110 Å². The molecule has 0 amide bonds. The third-order valence-electron chi connectivity index (χ3n) is 2.30. The largest absolute Gasteiger partial charge is 0.497 e. The normalized spacial score (nSPS) is 10.2. The topological polar surface area (TPSA) is 51.6 Å². The molecule has 0 aliphatic carbocycles. The van der Waals surface area contributed by atoms with Crippen LogP contribution in [0.2, 0.25) is 5.02 Å². The van der Waals surface area contributed by atoms with E-state index in [9.17, 15) is 0 Å². The number of halogens is 1. The summed E-state index contributed by atoms with van der Waals surface area (Å²) in [6, 6.07) is 8.75. The maximum atomic E-state index is 8.95. The number of hydrogen-bond donors (Lipinski definition) is 1. The Balaban J connectivity index is 2.22.